The van der Waals surface area contributed by atoms with Crippen LogP contribution >= 0.6 is 0 Å². The van der Waals surface area contributed by atoms with Crippen LogP contribution in [0.4, 0.5) is 0 Å². The van der Waals surface area contributed by atoms with E-state index in [9.17, 15) is 9.90 Å². The van der Waals surface area contributed by atoms with Crippen molar-refractivity contribution in [3.05, 3.63) is 0 Å². The fourth-order valence-corrected chi connectivity index (χ4v) is 2.04. The van der Waals surface area contributed by atoms with Crippen molar-refractivity contribution in [1.29, 1.82) is 0 Å². The number of carboxylic acids is 1. The van der Waals surface area contributed by atoms with Crippen molar-refractivity contribution in [3.63, 3.8) is 0 Å². The van der Waals surface area contributed by atoms with Crippen LogP contribution in [0.3, 0.4) is 0 Å². The van der Waals surface area contributed by atoms with E-state index in [-0.39, 0.29) is 0 Å². The molecule has 1 aliphatic rings. The van der Waals surface area contributed by atoms with Gasteiger partial charge in [-0.15, -0.1) is 0 Å². The van der Waals surface area contributed by atoms with Gasteiger partial charge in [0.1, 0.15) is 0 Å². The van der Waals surface area contributed by atoms with Crippen molar-refractivity contribution in [2.24, 2.45) is 11.3 Å². The van der Waals surface area contributed by atoms with E-state index in [1.165, 1.54) is 12.8 Å². The van der Waals surface area contributed by atoms with Crippen LogP contribution in [0, 0.1) is 11.3 Å². The van der Waals surface area contributed by atoms with Crippen molar-refractivity contribution in [1.82, 2.24) is 4.90 Å². The molecule has 1 fully saturated rings. The third-order valence-corrected chi connectivity index (χ3v) is 3.75. The van der Waals surface area contributed by atoms with Gasteiger partial charge in [-0.2, -0.15) is 0 Å². The number of carboxylic acid groups (broad SMARTS) is 1. The Hall–Kier alpha value is -0.570. The summed E-state index contributed by atoms with van der Waals surface area (Å²) < 4.78 is 0. The lowest BCUT2D eigenvalue weighted by molar-refractivity contribution is -0.149. The second kappa shape index (κ2) is 4.97. The largest absolute Gasteiger partial charge is 0.481 e. The molecule has 0 radical (unpaired) electrons. The van der Waals surface area contributed by atoms with Crippen molar-refractivity contribution >= 4 is 5.97 Å². The number of nitrogens with zero attached hydrogens (tertiary/aromatic N) is 1. The first-order chi connectivity index (χ1) is 6.98. The molecule has 0 aliphatic carbocycles. The van der Waals surface area contributed by atoms with Crippen molar-refractivity contribution in [2.75, 3.05) is 19.6 Å². The first-order valence-corrected chi connectivity index (χ1v) is 5.93. The maximum absolute atomic E-state index is 11.2. The first-order valence-electron chi connectivity index (χ1n) is 5.93. The lowest BCUT2D eigenvalue weighted by atomic mass is 9.86. The van der Waals surface area contributed by atoms with E-state index in [1.807, 2.05) is 13.8 Å². The van der Waals surface area contributed by atoms with Crippen LogP contribution in [0.25, 0.3) is 0 Å². The molecule has 0 amide bonds. The molecular weight excluding hydrogens is 190 g/mol. The number of carbonyl (C=O) groups is 1. The van der Waals surface area contributed by atoms with Crippen LogP contribution < -0.4 is 0 Å². The standard InChI is InChI=1S/C12H23NO2/c1-4-12(3,11(14)15)9-13-7-5-10(2)6-8-13/h10H,4-9H2,1-3H3,(H,14,15). The van der Waals surface area contributed by atoms with Gasteiger partial charge in [0.05, 0.1) is 5.41 Å². The number of likely N-dealkylation sites (tertiary alicyclic amines) is 1. The molecule has 0 aromatic rings. The number of piperidine rings is 1. The molecule has 1 N–H and O–H groups in total. The lowest BCUT2D eigenvalue weighted by Crippen LogP contribution is -2.44. The van der Waals surface area contributed by atoms with Crippen LogP contribution in [0.5, 0.6) is 0 Å². The SMILES string of the molecule is CCC(C)(CN1CCC(C)CC1)C(=O)O. The maximum Gasteiger partial charge on any atom is 0.310 e. The Morgan fingerprint density at radius 2 is 2.00 bits per heavy atom. The Kier molecular flexibility index (Phi) is 4.14. The third-order valence-electron chi connectivity index (χ3n) is 3.75. The fraction of sp³-hybridized carbons (Fsp3) is 0.917. The zero-order chi connectivity index (χ0) is 11.5. The van der Waals surface area contributed by atoms with Gasteiger partial charge >= 0.3 is 5.97 Å². The number of rotatable bonds is 4. The molecule has 3 heteroatoms. The molecule has 0 bridgehead atoms. The van der Waals surface area contributed by atoms with E-state index < -0.39 is 11.4 Å². The summed E-state index contributed by atoms with van der Waals surface area (Å²) in [5.74, 6) is 0.141. The molecule has 3 nitrogen and oxygen atoms in total. The van der Waals surface area contributed by atoms with Gasteiger partial charge in [0.25, 0.3) is 0 Å². The Bertz CT molecular complexity index is 222. The maximum atomic E-state index is 11.2. The first kappa shape index (κ1) is 12.5. The highest BCUT2D eigenvalue weighted by Crippen LogP contribution is 2.25. The van der Waals surface area contributed by atoms with E-state index in [1.54, 1.807) is 0 Å². The summed E-state index contributed by atoms with van der Waals surface area (Å²) >= 11 is 0. The molecular formula is C12H23NO2. The minimum Gasteiger partial charge on any atom is -0.481 e. The fourth-order valence-electron chi connectivity index (χ4n) is 2.04. The summed E-state index contributed by atoms with van der Waals surface area (Å²) in [6.07, 6.45) is 3.12. The molecule has 0 saturated carbocycles. The Morgan fingerprint density at radius 3 is 2.40 bits per heavy atom. The van der Waals surface area contributed by atoms with Crippen LogP contribution in [0.1, 0.15) is 40.0 Å². The van der Waals surface area contributed by atoms with Gasteiger partial charge in [-0.25, -0.2) is 0 Å². The monoisotopic (exact) mass is 213 g/mol. The predicted octanol–water partition coefficient (Wildman–Crippen LogP) is 2.22. The predicted molar refractivity (Wildman–Crippen MR) is 60.9 cm³/mol. The Labute approximate surface area is 92.5 Å². The van der Waals surface area contributed by atoms with E-state index in [0.29, 0.717) is 13.0 Å². The van der Waals surface area contributed by atoms with E-state index >= 15 is 0 Å². The minimum absolute atomic E-state index is 0.569. The van der Waals surface area contributed by atoms with Gasteiger partial charge in [-0.1, -0.05) is 13.8 Å². The number of aliphatic carboxylic acids is 1. The topological polar surface area (TPSA) is 40.5 Å². The quantitative estimate of drug-likeness (QED) is 0.778. The van der Waals surface area contributed by atoms with Gasteiger partial charge in [0.15, 0.2) is 0 Å². The molecule has 1 heterocycles. The summed E-state index contributed by atoms with van der Waals surface area (Å²) in [5, 5.41) is 9.19. The highest BCUT2D eigenvalue weighted by molar-refractivity contribution is 5.74. The molecule has 88 valence electrons. The van der Waals surface area contributed by atoms with Gasteiger partial charge in [0.2, 0.25) is 0 Å². The minimum atomic E-state index is -0.663. The Balaban J connectivity index is 2.49. The lowest BCUT2D eigenvalue weighted by Gasteiger charge is -2.35. The molecule has 0 aromatic carbocycles. The van der Waals surface area contributed by atoms with Crippen molar-refractivity contribution < 1.29 is 9.90 Å². The summed E-state index contributed by atoms with van der Waals surface area (Å²) in [6.45, 7) is 8.90. The molecule has 15 heavy (non-hydrogen) atoms. The van der Waals surface area contributed by atoms with Crippen LogP contribution in [-0.2, 0) is 4.79 Å². The molecule has 0 spiro atoms. The second-order valence-electron chi connectivity index (χ2n) is 5.18. The van der Waals surface area contributed by atoms with E-state index in [0.717, 1.165) is 19.0 Å². The number of hydrogen-bond donors (Lipinski definition) is 1. The van der Waals surface area contributed by atoms with Gasteiger partial charge in [0, 0.05) is 6.54 Å². The van der Waals surface area contributed by atoms with Crippen LogP contribution in [-0.4, -0.2) is 35.6 Å². The molecule has 1 atom stereocenters. The van der Waals surface area contributed by atoms with Gasteiger partial charge < -0.3 is 10.0 Å². The smallest absolute Gasteiger partial charge is 0.310 e. The van der Waals surface area contributed by atoms with Crippen molar-refractivity contribution in [2.45, 2.75) is 40.0 Å². The van der Waals surface area contributed by atoms with Gasteiger partial charge in [-0.3, -0.25) is 4.79 Å². The zero-order valence-electron chi connectivity index (χ0n) is 10.1. The summed E-state index contributed by atoms with van der Waals surface area (Å²) in [4.78, 5) is 13.5. The average Bonchev–Trinajstić information content (AvgIpc) is 2.21. The average molecular weight is 213 g/mol. The van der Waals surface area contributed by atoms with Crippen LogP contribution in [0.15, 0.2) is 0 Å². The Morgan fingerprint density at radius 1 is 1.47 bits per heavy atom. The molecule has 0 aromatic heterocycles. The number of hydrogen-bond acceptors (Lipinski definition) is 2. The zero-order valence-corrected chi connectivity index (χ0v) is 10.1. The summed E-state index contributed by atoms with van der Waals surface area (Å²) in [5.41, 5.74) is -0.569. The van der Waals surface area contributed by atoms with Crippen LogP contribution in [0.2, 0.25) is 0 Å². The normalized spacial score (nSPS) is 23.7. The van der Waals surface area contributed by atoms with E-state index in [4.69, 9.17) is 0 Å². The highest BCUT2D eigenvalue weighted by Gasteiger charge is 2.33. The molecule has 1 aliphatic heterocycles. The molecule has 1 unspecified atom stereocenters. The molecule has 1 rings (SSSR count). The van der Waals surface area contributed by atoms with Crippen molar-refractivity contribution in [3.8, 4) is 0 Å². The summed E-state index contributed by atoms with van der Waals surface area (Å²) in [6, 6.07) is 0. The second-order valence-corrected chi connectivity index (χ2v) is 5.18. The molecule has 1 saturated heterocycles. The third kappa shape index (κ3) is 3.20. The van der Waals surface area contributed by atoms with E-state index in [2.05, 4.69) is 11.8 Å². The summed E-state index contributed by atoms with van der Waals surface area (Å²) in [7, 11) is 0. The van der Waals surface area contributed by atoms with Gasteiger partial charge in [-0.05, 0) is 45.2 Å². The highest BCUT2D eigenvalue weighted by atomic mass is 16.4.